The summed E-state index contributed by atoms with van der Waals surface area (Å²) in [5.74, 6) is 0.789. The number of para-hydroxylation sites is 1. The van der Waals surface area contributed by atoms with Crippen LogP contribution in [0.3, 0.4) is 0 Å². The van der Waals surface area contributed by atoms with Crippen molar-refractivity contribution < 1.29 is 13.3 Å². The Balaban J connectivity index is 2.17. The van der Waals surface area contributed by atoms with Crippen molar-refractivity contribution in [2.45, 2.75) is 24.9 Å². The minimum Gasteiger partial charge on any atom is -0.494 e. The van der Waals surface area contributed by atoms with Crippen LogP contribution in [0.25, 0.3) is 0 Å². The zero-order valence-corrected chi connectivity index (χ0v) is 13.0. The van der Waals surface area contributed by atoms with Crippen LogP contribution in [0.5, 0.6) is 5.75 Å². The summed E-state index contributed by atoms with van der Waals surface area (Å²) in [6.45, 7) is 4.26. The molecule has 21 heavy (non-hydrogen) atoms. The molecule has 112 valence electrons. The zero-order valence-electron chi connectivity index (χ0n) is 12.2. The summed E-state index contributed by atoms with van der Waals surface area (Å²) in [5, 5.41) is -0.360. The van der Waals surface area contributed by atoms with Crippen molar-refractivity contribution in [3.8, 4) is 5.75 Å². The molecule has 2 nitrogen and oxygen atoms in total. The van der Waals surface area contributed by atoms with Gasteiger partial charge in [0, 0.05) is 21.9 Å². The molecule has 0 aliphatic rings. The fourth-order valence-corrected chi connectivity index (χ4v) is 3.41. The van der Waals surface area contributed by atoms with Crippen molar-refractivity contribution in [2.24, 2.45) is 0 Å². The number of hydrogen-bond donors (Lipinski definition) is 0. The zero-order chi connectivity index (χ0) is 15.2. The Morgan fingerprint density at radius 1 is 1.14 bits per heavy atom. The lowest BCUT2D eigenvalue weighted by molar-refractivity contribution is 0.337. The fraction of sp³-hybridized carbons (Fsp3) is 0.294. The molecule has 0 aliphatic carbocycles. The summed E-state index contributed by atoms with van der Waals surface area (Å²) >= 11 is 0. The van der Waals surface area contributed by atoms with Crippen molar-refractivity contribution >= 4 is 10.8 Å². The Kier molecular flexibility index (Phi) is 5.51. The summed E-state index contributed by atoms with van der Waals surface area (Å²) in [6.07, 6.45) is 0. The lowest BCUT2D eigenvalue weighted by atomic mass is 10.1. The van der Waals surface area contributed by atoms with E-state index in [0.717, 1.165) is 11.3 Å². The van der Waals surface area contributed by atoms with E-state index < -0.39 is 10.8 Å². The molecule has 0 aliphatic heterocycles. The summed E-state index contributed by atoms with van der Waals surface area (Å²) in [6, 6.07) is 14.0. The van der Waals surface area contributed by atoms with E-state index in [0.29, 0.717) is 17.9 Å². The van der Waals surface area contributed by atoms with Crippen LogP contribution in [0.4, 0.5) is 4.39 Å². The van der Waals surface area contributed by atoms with Crippen LogP contribution in [-0.2, 0) is 16.6 Å². The van der Waals surface area contributed by atoms with E-state index in [1.807, 2.05) is 31.2 Å². The van der Waals surface area contributed by atoms with E-state index in [9.17, 15) is 8.60 Å². The highest BCUT2D eigenvalue weighted by atomic mass is 32.2. The van der Waals surface area contributed by atoms with Gasteiger partial charge in [-0.3, -0.25) is 4.21 Å². The molecule has 0 spiro atoms. The van der Waals surface area contributed by atoms with Gasteiger partial charge >= 0.3 is 0 Å². The molecule has 0 saturated carbocycles. The summed E-state index contributed by atoms with van der Waals surface area (Å²) < 4.78 is 31.8. The fourth-order valence-electron chi connectivity index (χ4n) is 2.14. The minimum absolute atomic E-state index is 0.309. The molecular weight excluding hydrogens is 287 g/mol. The Bertz CT molecular complexity index is 628. The molecular formula is C17H19FO2S. The average molecular weight is 306 g/mol. The molecule has 0 saturated heterocycles. The van der Waals surface area contributed by atoms with Crippen molar-refractivity contribution in [3.05, 3.63) is 65.5 Å². The number of benzene rings is 2. The van der Waals surface area contributed by atoms with Gasteiger partial charge in [-0.15, -0.1) is 0 Å². The van der Waals surface area contributed by atoms with E-state index in [4.69, 9.17) is 4.74 Å². The molecule has 0 N–H and O–H groups in total. The van der Waals surface area contributed by atoms with Crippen molar-refractivity contribution in [1.82, 2.24) is 0 Å². The molecule has 0 fully saturated rings. The van der Waals surface area contributed by atoms with E-state index in [-0.39, 0.29) is 11.1 Å². The van der Waals surface area contributed by atoms with Crippen LogP contribution in [0.1, 0.15) is 30.2 Å². The van der Waals surface area contributed by atoms with Gasteiger partial charge in [0.1, 0.15) is 11.6 Å². The predicted octanol–water partition coefficient (Wildman–Crippen LogP) is 4.23. The van der Waals surface area contributed by atoms with Gasteiger partial charge in [-0.25, -0.2) is 4.39 Å². The van der Waals surface area contributed by atoms with Crippen LogP contribution in [0.2, 0.25) is 0 Å². The highest BCUT2D eigenvalue weighted by Gasteiger charge is 2.18. The summed E-state index contributed by atoms with van der Waals surface area (Å²) in [7, 11) is -1.21. The second kappa shape index (κ2) is 7.36. The van der Waals surface area contributed by atoms with Gasteiger partial charge in [0.25, 0.3) is 0 Å². The van der Waals surface area contributed by atoms with Crippen molar-refractivity contribution in [2.75, 3.05) is 6.61 Å². The standard InChI is InChI=1S/C17H19FO2S/c1-3-20-17-11-7-4-8-14(17)12-21(19)13(2)15-9-5-6-10-16(15)18/h4-11,13H,3,12H2,1-2H3/t13-,21-/m0/s1. The molecule has 0 radical (unpaired) electrons. The Morgan fingerprint density at radius 2 is 1.81 bits per heavy atom. The van der Waals surface area contributed by atoms with E-state index in [2.05, 4.69) is 0 Å². The number of ether oxygens (including phenoxy) is 1. The highest BCUT2D eigenvalue weighted by molar-refractivity contribution is 7.84. The van der Waals surface area contributed by atoms with Gasteiger partial charge in [-0.05, 0) is 26.0 Å². The van der Waals surface area contributed by atoms with Crippen molar-refractivity contribution in [3.63, 3.8) is 0 Å². The molecule has 4 heteroatoms. The van der Waals surface area contributed by atoms with Crippen molar-refractivity contribution in [1.29, 1.82) is 0 Å². The molecule has 0 amide bonds. The summed E-state index contributed by atoms with van der Waals surface area (Å²) in [4.78, 5) is 0. The third-order valence-corrected chi connectivity index (χ3v) is 4.95. The maximum absolute atomic E-state index is 13.8. The normalized spacial score (nSPS) is 13.7. The first-order valence-electron chi connectivity index (χ1n) is 6.95. The molecule has 0 heterocycles. The first kappa shape index (κ1) is 15.7. The van der Waals surface area contributed by atoms with Gasteiger partial charge in [0.2, 0.25) is 0 Å². The van der Waals surface area contributed by atoms with Crippen LogP contribution in [0, 0.1) is 5.82 Å². The number of halogens is 1. The second-order valence-corrected chi connectivity index (χ2v) is 6.49. The van der Waals surface area contributed by atoms with Crippen LogP contribution < -0.4 is 4.74 Å². The Morgan fingerprint density at radius 3 is 2.52 bits per heavy atom. The SMILES string of the molecule is CCOc1ccccc1C[S@](=O)[C@@H](C)c1ccccc1F. The molecule has 0 aromatic heterocycles. The van der Waals surface area contributed by atoms with Gasteiger partial charge in [0.05, 0.1) is 17.6 Å². The first-order chi connectivity index (χ1) is 10.1. The molecule has 2 rings (SSSR count). The summed E-state index contributed by atoms with van der Waals surface area (Å²) in [5.41, 5.74) is 1.38. The smallest absolute Gasteiger partial charge is 0.127 e. The lowest BCUT2D eigenvalue weighted by Crippen LogP contribution is -2.08. The number of rotatable bonds is 6. The van der Waals surface area contributed by atoms with Gasteiger partial charge in [0.15, 0.2) is 0 Å². The van der Waals surface area contributed by atoms with Crippen LogP contribution in [-0.4, -0.2) is 10.8 Å². The Labute approximate surface area is 127 Å². The van der Waals surface area contributed by atoms with Gasteiger partial charge < -0.3 is 4.74 Å². The second-order valence-electron chi connectivity index (χ2n) is 4.73. The topological polar surface area (TPSA) is 26.3 Å². The maximum Gasteiger partial charge on any atom is 0.127 e. The molecule has 2 atom stereocenters. The van der Waals surface area contributed by atoms with Gasteiger partial charge in [-0.2, -0.15) is 0 Å². The minimum atomic E-state index is -1.21. The van der Waals surface area contributed by atoms with Crippen LogP contribution >= 0.6 is 0 Å². The highest BCUT2D eigenvalue weighted by Crippen LogP contribution is 2.27. The van der Waals surface area contributed by atoms with E-state index in [1.54, 1.807) is 25.1 Å². The molecule has 2 aromatic rings. The lowest BCUT2D eigenvalue weighted by Gasteiger charge is -2.15. The molecule has 2 aromatic carbocycles. The third kappa shape index (κ3) is 3.91. The van der Waals surface area contributed by atoms with Gasteiger partial charge in [-0.1, -0.05) is 36.4 Å². The third-order valence-electron chi connectivity index (χ3n) is 3.31. The van der Waals surface area contributed by atoms with Crippen LogP contribution in [0.15, 0.2) is 48.5 Å². The average Bonchev–Trinajstić information content (AvgIpc) is 2.49. The number of hydrogen-bond acceptors (Lipinski definition) is 2. The quantitative estimate of drug-likeness (QED) is 0.798. The van der Waals surface area contributed by atoms with E-state index >= 15 is 0 Å². The molecule has 0 unspecified atom stereocenters. The predicted molar refractivity (Wildman–Crippen MR) is 84.3 cm³/mol. The Hall–Kier alpha value is -1.68. The largest absolute Gasteiger partial charge is 0.494 e. The first-order valence-corrected chi connectivity index (χ1v) is 8.34. The van der Waals surface area contributed by atoms with E-state index in [1.165, 1.54) is 6.07 Å². The monoisotopic (exact) mass is 306 g/mol. The molecule has 0 bridgehead atoms. The maximum atomic E-state index is 13.8.